The van der Waals surface area contributed by atoms with Gasteiger partial charge in [-0.1, -0.05) is 0 Å². The molecule has 2 fully saturated rings. The molecule has 0 bridgehead atoms. The molecule has 0 unspecified atom stereocenters. The Labute approximate surface area is 188 Å². The molecule has 0 radical (unpaired) electrons. The van der Waals surface area contributed by atoms with Crippen molar-refractivity contribution in [2.75, 3.05) is 36.5 Å². The molecule has 0 amide bonds. The Morgan fingerprint density at radius 3 is 2.56 bits per heavy atom. The van der Waals surface area contributed by atoms with E-state index in [1.165, 1.54) is 0 Å². The van der Waals surface area contributed by atoms with E-state index in [9.17, 15) is 0 Å². The van der Waals surface area contributed by atoms with E-state index in [0.717, 1.165) is 91.7 Å². The van der Waals surface area contributed by atoms with Crippen molar-refractivity contribution in [3.05, 3.63) is 42.1 Å². The lowest BCUT2D eigenvalue weighted by Crippen LogP contribution is -2.36. The maximum atomic E-state index is 6.52. The molecule has 3 aromatic rings. The number of hydrogen-bond donors (Lipinski definition) is 1. The second-order valence-corrected chi connectivity index (χ2v) is 8.65. The summed E-state index contributed by atoms with van der Waals surface area (Å²) in [5.74, 6) is 1.72. The number of aryl methyl sites for hydroxylation is 2. The van der Waals surface area contributed by atoms with Crippen molar-refractivity contribution in [1.82, 2.24) is 19.9 Å². The summed E-state index contributed by atoms with van der Waals surface area (Å²) in [4.78, 5) is 20.5. The van der Waals surface area contributed by atoms with Crippen molar-refractivity contribution in [3.63, 3.8) is 0 Å². The van der Waals surface area contributed by atoms with Gasteiger partial charge in [-0.25, -0.2) is 9.97 Å². The molecule has 168 valence electrons. The summed E-state index contributed by atoms with van der Waals surface area (Å²) >= 11 is 0. The zero-order valence-electron chi connectivity index (χ0n) is 18.8. The van der Waals surface area contributed by atoms with Gasteiger partial charge in [-0.05, 0) is 45.6 Å². The minimum Gasteiger partial charge on any atom is -0.488 e. The van der Waals surface area contributed by atoms with Crippen LogP contribution in [0.1, 0.15) is 37.1 Å². The largest absolute Gasteiger partial charge is 0.488 e. The molecule has 1 saturated heterocycles. The molecule has 8 nitrogen and oxygen atoms in total. The SMILES string of the molecule is Cc1cnc(N[C@H]2CC[C@@H](Oc3cc(N4CCOCC4)cc4nccnc34)CC2)c(C)n1. The Morgan fingerprint density at radius 2 is 1.78 bits per heavy atom. The van der Waals surface area contributed by atoms with Crippen LogP contribution < -0.4 is 15.0 Å². The fraction of sp³-hybridized carbons (Fsp3) is 0.500. The number of morpholine rings is 1. The van der Waals surface area contributed by atoms with Gasteiger partial charge in [0.15, 0.2) is 0 Å². The summed E-state index contributed by atoms with van der Waals surface area (Å²) in [6.45, 7) is 7.22. The van der Waals surface area contributed by atoms with E-state index in [1.807, 2.05) is 20.0 Å². The summed E-state index contributed by atoms with van der Waals surface area (Å²) in [5, 5.41) is 3.57. The topological polar surface area (TPSA) is 85.3 Å². The average molecular weight is 435 g/mol. The number of benzene rings is 1. The lowest BCUT2D eigenvalue weighted by atomic mass is 9.93. The van der Waals surface area contributed by atoms with Gasteiger partial charge in [0.2, 0.25) is 0 Å². The van der Waals surface area contributed by atoms with Gasteiger partial charge in [-0.3, -0.25) is 9.97 Å². The van der Waals surface area contributed by atoms with E-state index in [0.29, 0.717) is 6.04 Å². The zero-order valence-corrected chi connectivity index (χ0v) is 18.8. The van der Waals surface area contributed by atoms with Crippen molar-refractivity contribution in [2.24, 2.45) is 0 Å². The van der Waals surface area contributed by atoms with Crippen LogP contribution in [0.4, 0.5) is 11.5 Å². The van der Waals surface area contributed by atoms with Gasteiger partial charge < -0.3 is 19.7 Å². The monoisotopic (exact) mass is 434 g/mol. The highest BCUT2D eigenvalue weighted by atomic mass is 16.5. The van der Waals surface area contributed by atoms with Crippen molar-refractivity contribution in [3.8, 4) is 5.75 Å². The Hall–Kier alpha value is -3.00. The minimum atomic E-state index is 0.170. The summed E-state index contributed by atoms with van der Waals surface area (Å²) in [6.07, 6.45) is 9.50. The number of fused-ring (bicyclic) bond motifs is 1. The molecule has 1 aromatic carbocycles. The van der Waals surface area contributed by atoms with Gasteiger partial charge in [0, 0.05) is 43.3 Å². The van der Waals surface area contributed by atoms with Crippen LogP contribution in [-0.2, 0) is 4.74 Å². The molecule has 1 N–H and O–H groups in total. The molecule has 1 aliphatic carbocycles. The first-order valence-corrected chi connectivity index (χ1v) is 11.5. The van der Waals surface area contributed by atoms with Crippen LogP contribution >= 0.6 is 0 Å². The van der Waals surface area contributed by atoms with Crippen LogP contribution in [0.5, 0.6) is 5.75 Å². The van der Waals surface area contributed by atoms with Gasteiger partial charge >= 0.3 is 0 Å². The summed E-state index contributed by atoms with van der Waals surface area (Å²) in [6, 6.07) is 4.62. The smallest absolute Gasteiger partial charge is 0.149 e. The molecule has 1 aliphatic heterocycles. The van der Waals surface area contributed by atoms with Gasteiger partial charge in [0.05, 0.1) is 42.4 Å². The first kappa shape index (κ1) is 20.9. The maximum absolute atomic E-state index is 6.52. The third-order valence-electron chi connectivity index (χ3n) is 6.28. The normalized spacial score (nSPS) is 21.5. The Balaban J connectivity index is 1.27. The van der Waals surface area contributed by atoms with Gasteiger partial charge in [0.1, 0.15) is 17.1 Å². The molecule has 0 atom stereocenters. The summed E-state index contributed by atoms with van der Waals surface area (Å²) in [7, 11) is 0. The fourth-order valence-electron chi connectivity index (χ4n) is 4.56. The van der Waals surface area contributed by atoms with Crippen LogP contribution in [0.15, 0.2) is 30.7 Å². The van der Waals surface area contributed by atoms with E-state index >= 15 is 0 Å². The van der Waals surface area contributed by atoms with Crippen molar-refractivity contribution in [2.45, 2.75) is 51.7 Å². The van der Waals surface area contributed by atoms with Crippen molar-refractivity contribution >= 4 is 22.5 Å². The predicted molar refractivity (Wildman–Crippen MR) is 124 cm³/mol. The highest BCUT2D eigenvalue weighted by Gasteiger charge is 2.25. The standard InChI is InChI=1S/C24H30N6O2/c1-16-15-27-24(17(2)28-16)29-18-3-5-20(6-4-18)32-22-14-19(30-9-11-31-12-10-30)13-21-23(22)26-8-7-25-21/h7-8,13-15,18,20H,3-6,9-12H2,1-2H3,(H,27,29)/t18-,20+. The highest BCUT2D eigenvalue weighted by molar-refractivity contribution is 5.85. The molecule has 3 heterocycles. The average Bonchev–Trinajstić information content (AvgIpc) is 2.82. The Kier molecular flexibility index (Phi) is 6.03. The predicted octanol–water partition coefficient (Wildman–Crippen LogP) is 3.68. The van der Waals surface area contributed by atoms with E-state index in [-0.39, 0.29) is 6.10 Å². The number of nitrogens with one attached hydrogen (secondary N) is 1. The molecular formula is C24H30N6O2. The first-order chi connectivity index (χ1) is 15.7. The minimum absolute atomic E-state index is 0.170. The quantitative estimate of drug-likeness (QED) is 0.651. The van der Waals surface area contributed by atoms with Gasteiger partial charge in [0.25, 0.3) is 0 Å². The fourth-order valence-corrected chi connectivity index (χ4v) is 4.56. The molecule has 1 saturated carbocycles. The van der Waals surface area contributed by atoms with Gasteiger partial charge in [-0.2, -0.15) is 0 Å². The number of nitrogens with zero attached hydrogens (tertiary/aromatic N) is 5. The molecule has 0 spiro atoms. The summed E-state index contributed by atoms with van der Waals surface area (Å²) < 4.78 is 12.0. The van der Waals surface area contributed by atoms with Crippen molar-refractivity contribution in [1.29, 1.82) is 0 Å². The van der Waals surface area contributed by atoms with Gasteiger partial charge in [-0.15, -0.1) is 0 Å². The van der Waals surface area contributed by atoms with Crippen LogP contribution in [0.3, 0.4) is 0 Å². The zero-order chi connectivity index (χ0) is 21.9. The molecule has 5 rings (SSSR count). The number of ether oxygens (including phenoxy) is 2. The van der Waals surface area contributed by atoms with E-state index < -0.39 is 0 Å². The maximum Gasteiger partial charge on any atom is 0.149 e. The number of anilines is 2. The second-order valence-electron chi connectivity index (χ2n) is 8.65. The van der Waals surface area contributed by atoms with Crippen LogP contribution in [0.25, 0.3) is 11.0 Å². The third-order valence-corrected chi connectivity index (χ3v) is 6.28. The third kappa shape index (κ3) is 4.60. The molecule has 2 aliphatic rings. The summed E-state index contributed by atoms with van der Waals surface area (Å²) in [5.41, 5.74) is 4.72. The lowest BCUT2D eigenvalue weighted by molar-refractivity contribution is 0.122. The lowest BCUT2D eigenvalue weighted by Gasteiger charge is -2.31. The van der Waals surface area contributed by atoms with E-state index in [2.05, 4.69) is 42.3 Å². The van der Waals surface area contributed by atoms with Crippen LogP contribution in [0, 0.1) is 13.8 Å². The van der Waals surface area contributed by atoms with E-state index in [1.54, 1.807) is 12.4 Å². The van der Waals surface area contributed by atoms with E-state index in [4.69, 9.17) is 9.47 Å². The molecule has 2 aromatic heterocycles. The first-order valence-electron chi connectivity index (χ1n) is 11.5. The molecule has 8 heteroatoms. The molecule has 32 heavy (non-hydrogen) atoms. The Morgan fingerprint density at radius 1 is 1.00 bits per heavy atom. The van der Waals surface area contributed by atoms with Crippen LogP contribution in [0.2, 0.25) is 0 Å². The highest BCUT2D eigenvalue weighted by Crippen LogP contribution is 2.33. The number of aromatic nitrogens is 4. The second kappa shape index (κ2) is 9.24. The Bertz CT molecular complexity index is 1080. The number of rotatable bonds is 5. The number of hydrogen-bond acceptors (Lipinski definition) is 8. The van der Waals surface area contributed by atoms with Crippen molar-refractivity contribution < 1.29 is 9.47 Å². The van der Waals surface area contributed by atoms with Crippen LogP contribution in [-0.4, -0.2) is 58.4 Å². The molecular weight excluding hydrogens is 404 g/mol.